The highest BCUT2D eigenvalue weighted by Gasteiger charge is 2.32. The highest BCUT2D eigenvalue weighted by atomic mass is 79.9. The van der Waals surface area contributed by atoms with Gasteiger partial charge in [0.2, 0.25) is 0 Å². The van der Waals surface area contributed by atoms with Crippen LogP contribution in [0.15, 0.2) is 41.1 Å². The van der Waals surface area contributed by atoms with Crippen molar-refractivity contribution < 1.29 is 44.9 Å². The standard InChI is InChI=1S/C34H44F2NO3S.BrH/c1-3-4-5-9-12-32-29-22-28(26-16-20-41-24-26)33(39-2)34(40-19-11-8-6-7-10-18-38)27(29)15-17-37(32)23-25-13-14-30(35)31(36)21-25;/h13-14,16,20-22,24,38H,3-12,15,17-19,23H2,1-2H3;1H/q+1;/p-1. The quantitative estimate of drug-likeness (QED) is 0.152. The van der Waals surface area contributed by atoms with E-state index in [2.05, 4.69) is 34.4 Å². The van der Waals surface area contributed by atoms with Crippen molar-refractivity contribution in [1.82, 2.24) is 0 Å². The van der Waals surface area contributed by atoms with Crippen LogP contribution in [0.5, 0.6) is 11.5 Å². The predicted octanol–water partition coefficient (Wildman–Crippen LogP) is 5.56. The van der Waals surface area contributed by atoms with E-state index in [0.29, 0.717) is 13.2 Å². The molecule has 4 rings (SSSR count). The summed E-state index contributed by atoms with van der Waals surface area (Å²) in [4.78, 5) is 0. The molecule has 0 saturated carbocycles. The molecule has 0 fully saturated rings. The van der Waals surface area contributed by atoms with Gasteiger partial charge in [-0.25, -0.2) is 13.4 Å². The normalized spacial score (nSPS) is 12.7. The average molecular weight is 665 g/mol. The Balaban J connectivity index is 0.00000484. The molecule has 0 aliphatic carbocycles. The Hall–Kier alpha value is -2.29. The Morgan fingerprint density at radius 3 is 2.40 bits per heavy atom. The van der Waals surface area contributed by atoms with Gasteiger partial charge in [0.15, 0.2) is 35.4 Å². The lowest BCUT2D eigenvalue weighted by molar-refractivity contribution is -0.545. The van der Waals surface area contributed by atoms with Gasteiger partial charge in [0, 0.05) is 41.7 Å². The van der Waals surface area contributed by atoms with E-state index in [-0.39, 0.29) is 23.6 Å². The van der Waals surface area contributed by atoms with Gasteiger partial charge in [-0.1, -0.05) is 45.4 Å². The van der Waals surface area contributed by atoms with Gasteiger partial charge < -0.3 is 31.6 Å². The van der Waals surface area contributed by atoms with Crippen molar-refractivity contribution in [3.63, 3.8) is 0 Å². The summed E-state index contributed by atoms with van der Waals surface area (Å²) < 4.78 is 42.7. The number of hydrogen-bond donors (Lipinski definition) is 1. The topological polar surface area (TPSA) is 41.7 Å². The van der Waals surface area contributed by atoms with Gasteiger partial charge in [-0.15, -0.1) is 0 Å². The van der Waals surface area contributed by atoms with Crippen LogP contribution in [0.25, 0.3) is 11.1 Å². The number of aliphatic hydroxyl groups excluding tert-OH is 1. The largest absolute Gasteiger partial charge is 1.00 e. The molecule has 3 aromatic rings. The molecule has 1 aliphatic rings. The van der Waals surface area contributed by atoms with Crippen molar-refractivity contribution >= 4 is 17.0 Å². The Morgan fingerprint density at radius 2 is 1.69 bits per heavy atom. The number of fused-ring (bicyclic) bond motifs is 1. The van der Waals surface area contributed by atoms with Crippen LogP contribution in [-0.4, -0.2) is 42.3 Å². The Morgan fingerprint density at radius 1 is 0.905 bits per heavy atom. The van der Waals surface area contributed by atoms with Crippen LogP contribution in [0.1, 0.15) is 87.8 Å². The number of thiophene rings is 1. The van der Waals surface area contributed by atoms with E-state index in [1.165, 1.54) is 41.8 Å². The molecule has 0 atom stereocenters. The molecule has 4 nitrogen and oxygen atoms in total. The maximum Gasteiger partial charge on any atom is 0.184 e. The number of aliphatic hydroxyl groups is 1. The lowest BCUT2D eigenvalue weighted by Gasteiger charge is -2.25. The first-order chi connectivity index (χ1) is 20.1. The smallest absolute Gasteiger partial charge is 0.184 e. The summed E-state index contributed by atoms with van der Waals surface area (Å²) in [7, 11) is 1.72. The third-order valence-corrected chi connectivity index (χ3v) is 8.56. The highest BCUT2D eigenvalue weighted by molar-refractivity contribution is 7.08. The Bertz CT molecular complexity index is 1300. The fourth-order valence-corrected chi connectivity index (χ4v) is 6.34. The Labute approximate surface area is 264 Å². The molecule has 0 amide bonds. The van der Waals surface area contributed by atoms with Gasteiger partial charge in [-0.2, -0.15) is 11.3 Å². The monoisotopic (exact) mass is 663 g/mol. The molecule has 230 valence electrons. The maximum atomic E-state index is 14.1. The molecule has 2 heterocycles. The van der Waals surface area contributed by atoms with Crippen molar-refractivity contribution in [2.75, 3.05) is 26.9 Å². The van der Waals surface area contributed by atoms with E-state index in [0.717, 1.165) is 92.5 Å². The summed E-state index contributed by atoms with van der Waals surface area (Å²) in [6.07, 6.45) is 11.3. The molecule has 0 saturated heterocycles. The van der Waals surface area contributed by atoms with Crippen LogP contribution in [0.4, 0.5) is 8.78 Å². The van der Waals surface area contributed by atoms with Crippen molar-refractivity contribution in [1.29, 1.82) is 0 Å². The molecule has 0 bridgehead atoms. The van der Waals surface area contributed by atoms with E-state index in [1.54, 1.807) is 24.5 Å². The molecule has 42 heavy (non-hydrogen) atoms. The molecule has 0 spiro atoms. The maximum absolute atomic E-state index is 14.1. The zero-order valence-electron chi connectivity index (χ0n) is 24.9. The summed E-state index contributed by atoms with van der Waals surface area (Å²) in [5.74, 6) is -0.00737. The van der Waals surface area contributed by atoms with Crippen LogP contribution in [-0.2, 0) is 13.0 Å². The summed E-state index contributed by atoms with van der Waals surface area (Å²) in [6, 6.07) is 8.59. The van der Waals surface area contributed by atoms with E-state index in [4.69, 9.17) is 14.6 Å². The number of rotatable bonds is 17. The van der Waals surface area contributed by atoms with Gasteiger partial charge in [-0.05, 0) is 65.9 Å². The van der Waals surface area contributed by atoms with Gasteiger partial charge in [0.05, 0.1) is 13.7 Å². The molecule has 0 radical (unpaired) electrons. The van der Waals surface area contributed by atoms with Gasteiger partial charge in [0.25, 0.3) is 0 Å². The summed E-state index contributed by atoms with van der Waals surface area (Å²) in [6.45, 7) is 4.38. The lowest BCUT2D eigenvalue weighted by Crippen LogP contribution is -3.00. The molecule has 0 unspecified atom stereocenters. The number of unbranched alkanes of at least 4 members (excludes halogenated alkanes) is 7. The second-order valence-corrected chi connectivity index (χ2v) is 11.6. The minimum absolute atomic E-state index is 0. The van der Waals surface area contributed by atoms with Crippen LogP contribution < -0.4 is 26.5 Å². The molecular weight excluding hydrogens is 620 g/mol. The van der Waals surface area contributed by atoms with Crippen LogP contribution in [0, 0.1) is 11.6 Å². The molecule has 1 aliphatic heterocycles. The molecule has 8 heteroatoms. The minimum Gasteiger partial charge on any atom is -1.00 e. The number of nitrogens with zero attached hydrogens (tertiary/aromatic N) is 1. The highest BCUT2D eigenvalue weighted by Crippen LogP contribution is 2.45. The third-order valence-electron chi connectivity index (χ3n) is 7.87. The zero-order chi connectivity index (χ0) is 29.0. The first-order valence-electron chi connectivity index (χ1n) is 15.1. The van der Waals surface area contributed by atoms with E-state index in [9.17, 15) is 8.78 Å². The fourth-order valence-electron chi connectivity index (χ4n) is 5.69. The number of hydrogen-bond acceptors (Lipinski definition) is 4. The molecule has 1 aromatic heterocycles. The van der Waals surface area contributed by atoms with Crippen molar-refractivity contribution in [3.8, 4) is 22.6 Å². The summed E-state index contributed by atoms with van der Waals surface area (Å²) in [5.41, 5.74) is 6.48. The molecular formula is C34H44BrF2NO3S. The SMILES string of the molecule is CCCCCCC1=[N+](Cc2ccc(F)c(F)c2)CCc2c1cc(-c1ccsc1)c(OC)c2OCCCCCCCO.[Br-]. The lowest BCUT2D eigenvalue weighted by atomic mass is 9.88. The summed E-state index contributed by atoms with van der Waals surface area (Å²) in [5, 5.41) is 13.3. The number of benzene rings is 2. The van der Waals surface area contributed by atoms with Crippen molar-refractivity contribution in [3.05, 3.63) is 69.4 Å². The zero-order valence-corrected chi connectivity index (χ0v) is 27.3. The minimum atomic E-state index is -0.816. The van der Waals surface area contributed by atoms with Crippen LogP contribution in [0.2, 0.25) is 0 Å². The van der Waals surface area contributed by atoms with Gasteiger partial charge >= 0.3 is 0 Å². The van der Waals surface area contributed by atoms with Crippen molar-refractivity contribution in [2.45, 2.75) is 84.1 Å². The van der Waals surface area contributed by atoms with Gasteiger partial charge in [-0.3, -0.25) is 0 Å². The number of ether oxygens (including phenoxy) is 2. The van der Waals surface area contributed by atoms with Gasteiger partial charge in [0.1, 0.15) is 6.54 Å². The second-order valence-electron chi connectivity index (χ2n) is 10.8. The third kappa shape index (κ3) is 8.87. The van der Waals surface area contributed by atoms with Crippen LogP contribution >= 0.6 is 11.3 Å². The first kappa shape index (κ1) is 34.2. The fraction of sp³-hybridized carbons (Fsp3) is 0.500. The number of methoxy groups -OCH3 is 1. The van der Waals surface area contributed by atoms with Crippen LogP contribution in [0.3, 0.4) is 0 Å². The first-order valence-corrected chi connectivity index (χ1v) is 16.1. The van der Waals surface area contributed by atoms with E-state index in [1.807, 2.05) is 0 Å². The Kier molecular flexibility index (Phi) is 14.4. The van der Waals surface area contributed by atoms with E-state index < -0.39 is 11.6 Å². The number of halogens is 3. The molecule has 1 N–H and O–H groups in total. The summed E-state index contributed by atoms with van der Waals surface area (Å²) >= 11 is 1.66. The average Bonchev–Trinajstić information content (AvgIpc) is 3.52. The van der Waals surface area contributed by atoms with Crippen molar-refractivity contribution in [2.24, 2.45) is 0 Å². The second kappa shape index (κ2) is 17.7. The predicted molar refractivity (Wildman–Crippen MR) is 164 cm³/mol. The van der Waals surface area contributed by atoms with E-state index >= 15 is 0 Å². The molecule has 2 aromatic carbocycles.